The molecule has 0 aromatic heterocycles. The molecule has 4 N–H and O–H groups in total. The summed E-state index contributed by atoms with van der Waals surface area (Å²) in [6.07, 6.45) is -0.446. The van der Waals surface area contributed by atoms with Crippen LogP contribution in [0.4, 0.5) is 11.4 Å². The van der Waals surface area contributed by atoms with Gasteiger partial charge in [-0.2, -0.15) is 0 Å². The maximum absolute atomic E-state index is 13.2. The number of carbonyl (C=O) groups excluding carboxylic acids is 8. The molecule has 2 heterocycles. The van der Waals surface area contributed by atoms with Gasteiger partial charge in [0.05, 0.1) is 31.5 Å². The van der Waals surface area contributed by atoms with Crippen LogP contribution < -0.4 is 25.6 Å². The zero-order chi connectivity index (χ0) is 47.7. The summed E-state index contributed by atoms with van der Waals surface area (Å²) in [5.41, 5.74) is 5.95. The smallest absolute Gasteiger partial charge is 0.308 e. The van der Waals surface area contributed by atoms with Crippen LogP contribution in [0.1, 0.15) is 101 Å². The van der Waals surface area contributed by atoms with Crippen molar-refractivity contribution in [1.29, 1.82) is 0 Å². The fourth-order valence-electron chi connectivity index (χ4n) is 7.00. The molecular formula is C49H58N4O11. The van der Waals surface area contributed by atoms with Gasteiger partial charge in [-0.05, 0) is 108 Å². The van der Waals surface area contributed by atoms with Gasteiger partial charge in [-0.3, -0.25) is 38.4 Å². The second-order valence-electron chi connectivity index (χ2n) is 15.2. The summed E-state index contributed by atoms with van der Waals surface area (Å²) in [4.78, 5) is 94.2. The molecule has 4 aromatic rings. The number of aryl methyl sites for hydroxylation is 2. The number of likely N-dealkylation sites (N-methyl/N-ethyl adjacent to an activating group) is 1. The van der Waals surface area contributed by atoms with Crippen molar-refractivity contribution in [3.63, 3.8) is 0 Å². The molecule has 15 nitrogen and oxygen atoms in total. The molecule has 340 valence electrons. The fourth-order valence-corrected chi connectivity index (χ4v) is 7.00. The van der Waals surface area contributed by atoms with Gasteiger partial charge < -0.3 is 35.4 Å². The number of ketones is 4. The van der Waals surface area contributed by atoms with Gasteiger partial charge in [0.1, 0.15) is 18.5 Å². The number of benzene rings is 4. The summed E-state index contributed by atoms with van der Waals surface area (Å²) in [7, 11) is 3.25. The lowest BCUT2D eigenvalue weighted by atomic mass is 9.88. The van der Waals surface area contributed by atoms with E-state index >= 15 is 0 Å². The van der Waals surface area contributed by atoms with Crippen molar-refractivity contribution < 1.29 is 52.9 Å². The van der Waals surface area contributed by atoms with Gasteiger partial charge in [0.25, 0.3) is 5.91 Å². The maximum Gasteiger partial charge on any atom is 0.308 e. The van der Waals surface area contributed by atoms with E-state index in [0.717, 1.165) is 28.0 Å². The lowest BCUT2D eigenvalue weighted by molar-refractivity contribution is -0.141. The average Bonchev–Trinajstić information content (AvgIpc) is 3.52. The monoisotopic (exact) mass is 878 g/mol. The second kappa shape index (κ2) is 24.7. The Morgan fingerprint density at radius 3 is 1.80 bits per heavy atom. The molecule has 15 heteroatoms. The van der Waals surface area contributed by atoms with Gasteiger partial charge in [-0.25, -0.2) is 0 Å². The normalized spacial score (nSPS) is 17.2. The number of hydrogen-bond acceptors (Lipinski definition) is 12. The lowest BCUT2D eigenvalue weighted by Crippen LogP contribution is -2.47. The Balaban J connectivity index is 0.000000257. The number of fused-ring (bicyclic) bond motifs is 1. The first-order valence-corrected chi connectivity index (χ1v) is 20.6. The van der Waals surface area contributed by atoms with Crippen molar-refractivity contribution in [2.45, 2.75) is 85.4 Å². The molecule has 0 aliphatic carbocycles. The number of hydrogen-bond donors (Lipinski definition) is 4. The molecule has 0 radical (unpaired) electrons. The predicted molar refractivity (Wildman–Crippen MR) is 243 cm³/mol. The van der Waals surface area contributed by atoms with Gasteiger partial charge in [-0.15, -0.1) is 0 Å². The molecular weight excluding hydrogens is 821 g/mol. The first kappa shape index (κ1) is 51.5. The van der Waals surface area contributed by atoms with Crippen LogP contribution in [0.25, 0.3) is 0 Å². The number of methoxy groups -OCH3 is 1. The number of Topliss-reactive ketones (excluding diaryl/α,β-unsaturated/α-hetero) is 4. The van der Waals surface area contributed by atoms with Crippen molar-refractivity contribution in [2.24, 2.45) is 0 Å². The van der Waals surface area contributed by atoms with E-state index in [1.807, 2.05) is 56.3 Å². The number of rotatable bonds is 10. The second-order valence-corrected chi connectivity index (χ2v) is 15.2. The minimum Gasteiger partial charge on any atom is -0.496 e. The van der Waals surface area contributed by atoms with Crippen LogP contribution in [0.2, 0.25) is 0 Å². The molecule has 0 spiro atoms. The van der Waals surface area contributed by atoms with E-state index in [0.29, 0.717) is 22.5 Å². The summed E-state index contributed by atoms with van der Waals surface area (Å²) < 4.78 is 10.3. The topological polar surface area (TPSA) is 215 Å². The fraction of sp³-hybridized carbons (Fsp3) is 0.347. The largest absolute Gasteiger partial charge is 0.496 e. The van der Waals surface area contributed by atoms with Crippen LogP contribution in [-0.4, -0.2) is 97.4 Å². The highest BCUT2D eigenvalue weighted by atomic mass is 16.6. The van der Waals surface area contributed by atoms with Crippen LogP contribution in [0.3, 0.4) is 0 Å². The third kappa shape index (κ3) is 14.9. The molecule has 3 amide bonds. The van der Waals surface area contributed by atoms with Crippen LogP contribution in [0.5, 0.6) is 5.75 Å². The Bertz CT molecular complexity index is 2290. The number of amides is 3. The zero-order valence-electron chi connectivity index (χ0n) is 37.8. The SMILES string of the molecule is CC(=O)Nc1ccc(C(C)=O)cc1.CC(=O)c1ccccc1.CN[C@H]1CN(C(=O)CO)c2ccccc2C(CC(=O)N[C@H]2CC(=O)OC2C)C1=O.COc1c(C)cc(C(C)=O)cc1C. The van der Waals surface area contributed by atoms with Gasteiger partial charge in [0.15, 0.2) is 23.1 Å². The maximum atomic E-state index is 13.2. The van der Waals surface area contributed by atoms with Gasteiger partial charge >= 0.3 is 5.97 Å². The van der Waals surface area contributed by atoms with E-state index in [1.54, 1.807) is 83.5 Å². The van der Waals surface area contributed by atoms with Gasteiger partial charge in [-0.1, -0.05) is 48.5 Å². The Morgan fingerprint density at radius 2 is 1.33 bits per heavy atom. The quantitative estimate of drug-likeness (QED) is 0.111. The van der Waals surface area contributed by atoms with Crippen molar-refractivity contribution in [3.05, 3.63) is 124 Å². The lowest BCUT2D eigenvalue weighted by Gasteiger charge is -2.24. The molecule has 2 aliphatic rings. The molecule has 1 fully saturated rings. The third-order valence-electron chi connectivity index (χ3n) is 10.3. The number of esters is 1. The standard InChI is InChI=1S/C20H25N3O6.C11H14O2.C10H11NO2.C8H8O/c1-11-14(8-19(27)29-11)22-17(25)7-13-12-5-3-4-6-16(12)23(18(26)10-24)9-15(21-2)20(13)28;1-7-5-10(9(3)12)6-8(2)11(7)13-4;1-7(12)9-3-5-10(6-4-9)11-8(2)13;1-7(9)8-5-3-2-4-6-8/h3-6,11,13-15,21,24H,7-10H2,1-2H3,(H,22,25);5-6H,1-4H3;3-6H,1-2H3,(H,11,13);2-6H,1H3/t11?,13?,14-,15-;;;/m0.../s1. The summed E-state index contributed by atoms with van der Waals surface area (Å²) in [6.45, 7) is 11.1. The minimum atomic E-state index is -0.770. The van der Waals surface area contributed by atoms with E-state index in [1.165, 1.54) is 18.7 Å². The van der Waals surface area contributed by atoms with E-state index in [2.05, 4.69) is 16.0 Å². The number of nitrogens with one attached hydrogen (secondary N) is 3. The summed E-state index contributed by atoms with van der Waals surface area (Å²) >= 11 is 0. The van der Waals surface area contributed by atoms with Crippen LogP contribution in [0, 0.1) is 13.8 Å². The van der Waals surface area contributed by atoms with Gasteiger partial charge in [0.2, 0.25) is 11.8 Å². The van der Waals surface area contributed by atoms with Crippen molar-refractivity contribution in [1.82, 2.24) is 10.6 Å². The Morgan fingerprint density at radius 1 is 0.781 bits per heavy atom. The van der Waals surface area contributed by atoms with Crippen LogP contribution in [0.15, 0.2) is 91.0 Å². The first-order chi connectivity index (χ1) is 30.3. The third-order valence-corrected chi connectivity index (χ3v) is 10.3. The summed E-state index contributed by atoms with van der Waals surface area (Å²) in [6, 6.07) is 25.5. The minimum absolute atomic E-state index is 0.0226. The van der Waals surface area contributed by atoms with E-state index in [-0.39, 0.29) is 60.3 Å². The zero-order valence-corrected chi connectivity index (χ0v) is 37.8. The summed E-state index contributed by atoms with van der Waals surface area (Å²) in [5, 5.41) is 17.7. The highest BCUT2D eigenvalue weighted by Crippen LogP contribution is 2.35. The summed E-state index contributed by atoms with van der Waals surface area (Å²) in [5.74, 6) is -1.26. The number of para-hydroxylation sites is 1. The first-order valence-electron chi connectivity index (χ1n) is 20.6. The molecule has 2 aliphatic heterocycles. The van der Waals surface area contributed by atoms with Crippen molar-refractivity contribution in [3.8, 4) is 5.75 Å². The van der Waals surface area contributed by atoms with Crippen LogP contribution >= 0.6 is 0 Å². The van der Waals surface area contributed by atoms with Crippen LogP contribution in [-0.2, 0) is 28.7 Å². The Kier molecular flexibility index (Phi) is 19.9. The Labute approximate surface area is 373 Å². The van der Waals surface area contributed by atoms with Gasteiger partial charge in [0, 0.05) is 48.0 Å². The molecule has 64 heavy (non-hydrogen) atoms. The molecule has 0 saturated carbocycles. The number of carbonyl (C=O) groups is 8. The van der Waals surface area contributed by atoms with Crippen molar-refractivity contribution >= 4 is 58.2 Å². The number of anilines is 2. The highest BCUT2D eigenvalue weighted by Gasteiger charge is 2.39. The number of aliphatic hydroxyl groups excluding tert-OH is 1. The molecule has 0 bridgehead atoms. The molecule has 4 aromatic carbocycles. The highest BCUT2D eigenvalue weighted by molar-refractivity contribution is 6.03. The van der Waals surface area contributed by atoms with Crippen molar-refractivity contribution in [2.75, 3.05) is 37.5 Å². The predicted octanol–water partition coefficient (Wildman–Crippen LogP) is 5.73. The van der Waals surface area contributed by atoms with E-state index in [4.69, 9.17) is 9.47 Å². The number of ether oxygens (including phenoxy) is 2. The van der Waals surface area contributed by atoms with E-state index < -0.39 is 36.6 Å². The molecule has 4 atom stereocenters. The van der Waals surface area contributed by atoms with E-state index in [9.17, 15) is 43.5 Å². The average molecular weight is 879 g/mol. The number of aliphatic hydroxyl groups is 1. The number of nitrogens with zero attached hydrogens (tertiary/aromatic N) is 1. The Hall–Kier alpha value is -6.84. The molecule has 1 saturated heterocycles. The number of cyclic esters (lactones) is 1. The molecule has 2 unspecified atom stereocenters. The molecule has 6 rings (SSSR count).